The van der Waals surface area contributed by atoms with Gasteiger partial charge in [-0.25, -0.2) is 13.6 Å². The topological polar surface area (TPSA) is 139 Å². The van der Waals surface area contributed by atoms with E-state index in [-0.39, 0.29) is 17.0 Å². The van der Waals surface area contributed by atoms with Crippen molar-refractivity contribution in [3.63, 3.8) is 0 Å². The molecule has 1 aromatic carbocycles. The summed E-state index contributed by atoms with van der Waals surface area (Å²) in [7, 11) is -3.97. The van der Waals surface area contributed by atoms with Gasteiger partial charge in [0.1, 0.15) is 0 Å². The molecule has 1 heterocycles. The van der Waals surface area contributed by atoms with Crippen LogP contribution >= 0.6 is 0 Å². The normalized spacial score (nSPS) is 16.3. The Morgan fingerprint density at radius 1 is 1.36 bits per heavy atom. The molecule has 0 spiro atoms. The van der Waals surface area contributed by atoms with Gasteiger partial charge in [-0.05, 0) is 18.2 Å². The molecule has 1 aromatic rings. The highest BCUT2D eigenvalue weighted by atomic mass is 32.2. The molecule has 1 unspecified atom stereocenters. The molecule has 1 fully saturated rings. The number of benzene rings is 1. The van der Waals surface area contributed by atoms with Crippen molar-refractivity contribution in [3.05, 3.63) is 23.8 Å². The molecule has 0 aliphatic carbocycles. The molecule has 0 saturated carbocycles. The first-order chi connectivity index (χ1) is 11.7. The van der Waals surface area contributed by atoms with Crippen LogP contribution in [0, 0.1) is 5.92 Å². The third-order valence-electron chi connectivity index (χ3n) is 3.88. The Balaban J connectivity index is 2.33. The number of hydrogen-bond donors (Lipinski definition) is 3. The predicted molar refractivity (Wildman–Crippen MR) is 90.0 cm³/mol. The van der Waals surface area contributed by atoms with Crippen molar-refractivity contribution in [3.8, 4) is 0 Å². The number of ether oxygens (including phenoxy) is 1. The quantitative estimate of drug-likeness (QED) is 0.619. The number of nitrogens with one attached hydrogen (secondary N) is 1. The molecule has 10 heteroatoms. The highest BCUT2D eigenvalue weighted by Crippen LogP contribution is 2.25. The molecule has 0 bridgehead atoms. The summed E-state index contributed by atoms with van der Waals surface area (Å²) >= 11 is 0. The highest BCUT2D eigenvalue weighted by Gasteiger charge is 2.22. The molecule has 1 aliphatic heterocycles. The number of rotatable bonds is 6. The van der Waals surface area contributed by atoms with E-state index in [1.165, 1.54) is 25.1 Å². The number of morpholine rings is 1. The minimum Gasteiger partial charge on any atom is -0.481 e. The minimum atomic E-state index is -3.97. The first-order valence-corrected chi connectivity index (χ1v) is 9.25. The fraction of sp³-hybridized carbons (Fsp3) is 0.467. The maximum absolute atomic E-state index is 12.5. The van der Waals surface area contributed by atoms with Crippen molar-refractivity contribution in [1.82, 2.24) is 5.32 Å². The molecule has 25 heavy (non-hydrogen) atoms. The van der Waals surface area contributed by atoms with Gasteiger partial charge in [-0.15, -0.1) is 0 Å². The van der Waals surface area contributed by atoms with Gasteiger partial charge in [-0.1, -0.05) is 6.92 Å². The van der Waals surface area contributed by atoms with E-state index in [9.17, 15) is 18.0 Å². The summed E-state index contributed by atoms with van der Waals surface area (Å²) in [5.74, 6) is -2.36. The highest BCUT2D eigenvalue weighted by molar-refractivity contribution is 7.89. The number of carbonyl (C=O) groups is 2. The molecule has 138 valence electrons. The summed E-state index contributed by atoms with van der Waals surface area (Å²) in [6, 6.07) is 4.08. The Labute approximate surface area is 145 Å². The van der Waals surface area contributed by atoms with Crippen molar-refractivity contribution in [1.29, 1.82) is 0 Å². The fourth-order valence-corrected chi connectivity index (χ4v) is 2.92. The zero-order valence-electron chi connectivity index (χ0n) is 13.8. The average molecular weight is 371 g/mol. The Kier molecular flexibility index (Phi) is 5.98. The molecule has 0 radical (unpaired) electrons. The number of sulfonamides is 1. The third kappa shape index (κ3) is 4.91. The fourth-order valence-electron chi connectivity index (χ4n) is 2.38. The van der Waals surface area contributed by atoms with Crippen molar-refractivity contribution < 1.29 is 27.9 Å². The lowest BCUT2D eigenvalue weighted by Gasteiger charge is -2.30. The maximum Gasteiger partial charge on any atom is 0.308 e. The van der Waals surface area contributed by atoms with Gasteiger partial charge in [-0.2, -0.15) is 0 Å². The number of carboxylic acids is 1. The molecule has 4 N–H and O–H groups in total. The number of hydrogen-bond acceptors (Lipinski definition) is 6. The Morgan fingerprint density at radius 2 is 2.00 bits per heavy atom. The van der Waals surface area contributed by atoms with E-state index in [1.807, 2.05) is 4.90 Å². The number of amides is 1. The van der Waals surface area contributed by atoms with Crippen molar-refractivity contribution in [2.24, 2.45) is 11.1 Å². The zero-order valence-corrected chi connectivity index (χ0v) is 14.6. The summed E-state index contributed by atoms with van der Waals surface area (Å²) in [5, 5.41) is 16.6. The van der Waals surface area contributed by atoms with E-state index in [0.29, 0.717) is 32.0 Å². The monoisotopic (exact) mass is 371 g/mol. The van der Waals surface area contributed by atoms with Gasteiger partial charge in [0.2, 0.25) is 10.0 Å². The SMILES string of the molecule is CC(CNC(=O)c1cc(S(N)(=O)=O)ccc1N1CCOCC1)C(=O)O. The summed E-state index contributed by atoms with van der Waals surface area (Å²) in [5.41, 5.74) is 0.683. The molecular formula is C15H21N3O6S. The van der Waals surface area contributed by atoms with Gasteiger partial charge in [0.25, 0.3) is 5.91 Å². The van der Waals surface area contributed by atoms with Crippen LogP contribution in [-0.4, -0.2) is 58.2 Å². The number of nitrogens with two attached hydrogens (primary N) is 1. The van der Waals surface area contributed by atoms with Gasteiger partial charge < -0.3 is 20.1 Å². The lowest BCUT2D eigenvalue weighted by molar-refractivity contribution is -0.140. The van der Waals surface area contributed by atoms with E-state index in [1.54, 1.807) is 0 Å². The first kappa shape index (κ1) is 19.2. The van der Waals surface area contributed by atoms with Crippen LogP contribution in [0.5, 0.6) is 0 Å². The van der Waals surface area contributed by atoms with Crippen LogP contribution in [0.2, 0.25) is 0 Å². The molecule has 0 aromatic heterocycles. The second kappa shape index (κ2) is 7.81. The average Bonchev–Trinajstić information content (AvgIpc) is 2.58. The van der Waals surface area contributed by atoms with Crippen LogP contribution in [0.15, 0.2) is 23.1 Å². The number of carboxylic acid groups (broad SMARTS) is 1. The van der Waals surface area contributed by atoms with Crippen LogP contribution in [0.25, 0.3) is 0 Å². The largest absolute Gasteiger partial charge is 0.481 e. The predicted octanol–water partition coefficient (Wildman–Crippen LogP) is -0.379. The van der Waals surface area contributed by atoms with E-state index >= 15 is 0 Å². The van der Waals surface area contributed by atoms with Crippen molar-refractivity contribution >= 4 is 27.6 Å². The Hall–Kier alpha value is -2.17. The third-order valence-corrected chi connectivity index (χ3v) is 4.79. The van der Waals surface area contributed by atoms with Gasteiger partial charge in [0, 0.05) is 25.3 Å². The van der Waals surface area contributed by atoms with Crippen LogP contribution in [0.1, 0.15) is 17.3 Å². The van der Waals surface area contributed by atoms with Crippen LogP contribution in [0.3, 0.4) is 0 Å². The standard InChI is InChI=1S/C15H21N3O6S/c1-10(15(20)21)9-17-14(19)12-8-11(25(16,22)23)2-3-13(12)18-4-6-24-7-5-18/h2-3,8,10H,4-7,9H2,1H3,(H,17,19)(H,20,21)(H2,16,22,23). The van der Waals surface area contributed by atoms with Gasteiger partial charge >= 0.3 is 5.97 Å². The van der Waals surface area contributed by atoms with E-state index in [2.05, 4.69) is 5.32 Å². The molecule has 2 rings (SSSR count). The minimum absolute atomic E-state index is 0.0731. The Bertz CT molecular complexity index is 759. The number of primary sulfonamides is 1. The van der Waals surface area contributed by atoms with Crippen LogP contribution in [-0.2, 0) is 19.6 Å². The van der Waals surface area contributed by atoms with Crippen LogP contribution < -0.4 is 15.4 Å². The van der Waals surface area contributed by atoms with Gasteiger partial charge in [0.15, 0.2) is 0 Å². The van der Waals surface area contributed by atoms with Crippen molar-refractivity contribution in [2.45, 2.75) is 11.8 Å². The summed E-state index contributed by atoms with van der Waals surface area (Å²) in [6.07, 6.45) is 0. The smallest absolute Gasteiger partial charge is 0.308 e. The zero-order chi connectivity index (χ0) is 18.6. The molecule has 1 amide bonds. The van der Waals surface area contributed by atoms with E-state index < -0.39 is 27.8 Å². The van der Waals surface area contributed by atoms with Crippen LogP contribution in [0.4, 0.5) is 5.69 Å². The molecule has 9 nitrogen and oxygen atoms in total. The summed E-state index contributed by atoms with van der Waals surface area (Å²) in [6.45, 7) is 3.49. The van der Waals surface area contributed by atoms with E-state index in [4.69, 9.17) is 15.0 Å². The lowest BCUT2D eigenvalue weighted by atomic mass is 10.1. The second-order valence-electron chi connectivity index (χ2n) is 5.77. The summed E-state index contributed by atoms with van der Waals surface area (Å²) in [4.78, 5) is 25.1. The molecule has 1 atom stereocenters. The molecular weight excluding hydrogens is 350 g/mol. The molecule has 1 aliphatic rings. The lowest BCUT2D eigenvalue weighted by Crippen LogP contribution is -2.38. The maximum atomic E-state index is 12.5. The molecule has 1 saturated heterocycles. The van der Waals surface area contributed by atoms with Crippen molar-refractivity contribution in [2.75, 3.05) is 37.7 Å². The number of nitrogens with zero attached hydrogens (tertiary/aromatic N) is 1. The first-order valence-electron chi connectivity index (χ1n) is 7.70. The second-order valence-corrected chi connectivity index (χ2v) is 7.33. The Morgan fingerprint density at radius 3 is 2.56 bits per heavy atom. The number of aliphatic carboxylic acids is 1. The van der Waals surface area contributed by atoms with Gasteiger partial charge in [-0.3, -0.25) is 9.59 Å². The van der Waals surface area contributed by atoms with Gasteiger partial charge in [0.05, 0.1) is 29.6 Å². The number of anilines is 1. The summed E-state index contributed by atoms with van der Waals surface area (Å²) < 4.78 is 28.5. The number of carbonyl (C=O) groups excluding carboxylic acids is 1. The van der Waals surface area contributed by atoms with E-state index in [0.717, 1.165) is 0 Å².